The number of aliphatic hydroxyl groups excluding tert-OH is 1. The van der Waals surface area contributed by atoms with Gasteiger partial charge in [0.15, 0.2) is 0 Å². The first-order valence-electron chi connectivity index (χ1n) is 13.4. The molecule has 0 aromatic rings. The molecule has 0 aliphatic heterocycles. The second kappa shape index (κ2) is 9.42. The standard InChI is InChI=1S/C26H45NO5S/c1-17(7-10-23(29)27-14-15-33(30,31)32)19-8-9-20-24-21(11-13-26(19,20)3)25(2)12-5-4-6-18(25)16-22(24)28/h17-22,24,28H,4-16H2,1-3H3,(H,27,29)(H,30,31,32)/t17-,18?,19+,20+,21+,22+,24+,25+,26-/m0/s1. The Hall–Kier alpha value is -0.660. The third kappa shape index (κ3) is 4.88. The molecular weight excluding hydrogens is 438 g/mol. The van der Waals surface area contributed by atoms with Crippen molar-refractivity contribution >= 4 is 16.0 Å². The van der Waals surface area contributed by atoms with Gasteiger partial charge < -0.3 is 10.4 Å². The third-order valence-corrected chi connectivity index (χ3v) is 11.6. The van der Waals surface area contributed by atoms with Crippen molar-refractivity contribution in [2.45, 2.75) is 97.5 Å². The van der Waals surface area contributed by atoms with Gasteiger partial charge in [0, 0.05) is 13.0 Å². The molecule has 1 unspecified atom stereocenters. The molecule has 0 heterocycles. The van der Waals surface area contributed by atoms with Gasteiger partial charge in [-0.25, -0.2) is 0 Å². The van der Waals surface area contributed by atoms with Crippen LogP contribution >= 0.6 is 0 Å². The van der Waals surface area contributed by atoms with E-state index in [0.717, 1.165) is 12.8 Å². The first kappa shape index (κ1) is 25.4. The van der Waals surface area contributed by atoms with Crippen molar-refractivity contribution in [3.8, 4) is 0 Å². The zero-order chi connectivity index (χ0) is 24.0. The molecule has 3 N–H and O–H groups in total. The Bertz CT molecular complexity index is 831. The summed E-state index contributed by atoms with van der Waals surface area (Å²) in [6, 6.07) is 0. The van der Waals surface area contributed by atoms with E-state index in [4.69, 9.17) is 4.55 Å². The molecule has 0 aromatic carbocycles. The molecule has 4 aliphatic rings. The highest BCUT2D eigenvalue weighted by atomic mass is 32.2. The van der Waals surface area contributed by atoms with Crippen LogP contribution in [-0.2, 0) is 14.9 Å². The molecule has 0 radical (unpaired) electrons. The Morgan fingerprint density at radius 3 is 2.52 bits per heavy atom. The Balaban J connectivity index is 1.38. The Labute approximate surface area is 200 Å². The number of carbonyl (C=O) groups is 1. The van der Waals surface area contributed by atoms with Crippen molar-refractivity contribution in [2.24, 2.45) is 46.3 Å². The quantitative estimate of drug-likeness (QED) is 0.465. The Kier molecular flexibility index (Phi) is 7.26. The summed E-state index contributed by atoms with van der Waals surface area (Å²) in [4.78, 5) is 12.2. The van der Waals surface area contributed by atoms with Crippen molar-refractivity contribution < 1.29 is 22.9 Å². The zero-order valence-corrected chi connectivity index (χ0v) is 21.6. The minimum Gasteiger partial charge on any atom is -0.393 e. The van der Waals surface area contributed by atoms with Gasteiger partial charge in [0.1, 0.15) is 0 Å². The van der Waals surface area contributed by atoms with Crippen LogP contribution in [0.15, 0.2) is 0 Å². The summed E-state index contributed by atoms with van der Waals surface area (Å²) in [5.41, 5.74) is 0.647. The van der Waals surface area contributed by atoms with E-state index in [-0.39, 0.29) is 24.0 Å². The minimum atomic E-state index is -4.05. The van der Waals surface area contributed by atoms with Crippen molar-refractivity contribution in [1.29, 1.82) is 0 Å². The highest BCUT2D eigenvalue weighted by molar-refractivity contribution is 7.85. The van der Waals surface area contributed by atoms with E-state index in [1.54, 1.807) is 0 Å². The Morgan fingerprint density at radius 2 is 1.79 bits per heavy atom. The lowest BCUT2D eigenvalue weighted by Crippen LogP contribution is -2.57. The van der Waals surface area contributed by atoms with Gasteiger partial charge in [-0.15, -0.1) is 0 Å². The summed E-state index contributed by atoms with van der Waals surface area (Å²) in [5, 5.41) is 14.0. The van der Waals surface area contributed by atoms with E-state index in [1.165, 1.54) is 51.4 Å². The molecule has 0 bridgehead atoms. The maximum absolute atomic E-state index is 12.2. The fourth-order valence-corrected chi connectivity index (χ4v) is 9.56. The second-order valence-electron chi connectivity index (χ2n) is 12.4. The predicted octanol–water partition coefficient (Wildman–Crippen LogP) is 4.43. The number of amides is 1. The summed E-state index contributed by atoms with van der Waals surface area (Å²) in [6.07, 6.45) is 12.2. The molecule has 190 valence electrons. The van der Waals surface area contributed by atoms with Crippen LogP contribution in [0.5, 0.6) is 0 Å². The highest BCUT2D eigenvalue weighted by Crippen LogP contribution is 2.68. The van der Waals surface area contributed by atoms with Crippen LogP contribution in [0.3, 0.4) is 0 Å². The predicted molar refractivity (Wildman–Crippen MR) is 129 cm³/mol. The van der Waals surface area contributed by atoms with E-state index in [0.29, 0.717) is 47.3 Å². The number of aliphatic hydroxyl groups is 1. The molecule has 1 amide bonds. The van der Waals surface area contributed by atoms with Crippen LogP contribution in [-0.4, -0.2) is 42.4 Å². The molecule has 33 heavy (non-hydrogen) atoms. The first-order valence-corrected chi connectivity index (χ1v) is 15.0. The highest BCUT2D eigenvalue weighted by Gasteiger charge is 2.62. The van der Waals surface area contributed by atoms with E-state index in [1.807, 2.05) is 0 Å². The van der Waals surface area contributed by atoms with Crippen molar-refractivity contribution in [2.75, 3.05) is 12.3 Å². The number of rotatable bonds is 7. The van der Waals surface area contributed by atoms with Crippen molar-refractivity contribution in [1.82, 2.24) is 5.32 Å². The van der Waals surface area contributed by atoms with E-state index in [2.05, 4.69) is 26.1 Å². The average Bonchev–Trinajstić information content (AvgIpc) is 3.08. The van der Waals surface area contributed by atoms with Gasteiger partial charge in [-0.3, -0.25) is 9.35 Å². The summed E-state index contributed by atoms with van der Waals surface area (Å²) in [5.74, 6) is 2.77. The number of hydrogen-bond donors (Lipinski definition) is 3. The monoisotopic (exact) mass is 483 g/mol. The lowest BCUT2D eigenvalue weighted by molar-refractivity contribution is -0.164. The maximum atomic E-state index is 12.2. The van der Waals surface area contributed by atoms with E-state index in [9.17, 15) is 18.3 Å². The van der Waals surface area contributed by atoms with Crippen LogP contribution < -0.4 is 5.32 Å². The molecular formula is C26H45NO5S. The summed E-state index contributed by atoms with van der Waals surface area (Å²) in [6.45, 7) is 7.23. The first-order chi connectivity index (χ1) is 15.5. The number of nitrogens with one attached hydrogen (secondary N) is 1. The average molecular weight is 484 g/mol. The van der Waals surface area contributed by atoms with Crippen LogP contribution in [0.2, 0.25) is 0 Å². The van der Waals surface area contributed by atoms with Gasteiger partial charge in [0.05, 0.1) is 11.9 Å². The van der Waals surface area contributed by atoms with Crippen molar-refractivity contribution in [3.05, 3.63) is 0 Å². The van der Waals surface area contributed by atoms with Gasteiger partial charge >= 0.3 is 0 Å². The molecule has 0 aromatic heterocycles. The van der Waals surface area contributed by atoms with Gasteiger partial charge in [0.25, 0.3) is 10.1 Å². The van der Waals surface area contributed by atoms with Crippen LogP contribution in [0.25, 0.3) is 0 Å². The van der Waals surface area contributed by atoms with Gasteiger partial charge in [0.2, 0.25) is 5.91 Å². The van der Waals surface area contributed by atoms with Gasteiger partial charge in [-0.2, -0.15) is 8.42 Å². The molecule has 9 atom stereocenters. The van der Waals surface area contributed by atoms with Crippen LogP contribution in [0, 0.1) is 46.3 Å². The van der Waals surface area contributed by atoms with Crippen LogP contribution in [0.4, 0.5) is 0 Å². The molecule has 7 heteroatoms. The lowest BCUT2D eigenvalue weighted by Gasteiger charge is -2.62. The second-order valence-corrected chi connectivity index (χ2v) is 14.0. The summed E-state index contributed by atoms with van der Waals surface area (Å²) >= 11 is 0. The fraction of sp³-hybridized carbons (Fsp3) is 0.962. The lowest BCUT2D eigenvalue weighted by atomic mass is 9.44. The smallest absolute Gasteiger partial charge is 0.266 e. The Morgan fingerprint density at radius 1 is 1.06 bits per heavy atom. The summed E-state index contributed by atoms with van der Waals surface area (Å²) < 4.78 is 30.5. The van der Waals surface area contributed by atoms with Crippen molar-refractivity contribution in [3.63, 3.8) is 0 Å². The fourth-order valence-electron chi connectivity index (χ4n) is 9.20. The summed E-state index contributed by atoms with van der Waals surface area (Å²) in [7, 11) is -4.05. The van der Waals surface area contributed by atoms with Gasteiger partial charge in [-0.1, -0.05) is 33.6 Å². The van der Waals surface area contributed by atoms with E-state index < -0.39 is 15.9 Å². The van der Waals surface area contributed by atoms with E-state index >= 15 is 0 Å². The number of fused-ring (bicyclic) bond motifs is 5. The normalized spacial score (nSPS) is 43.8. The molecule has 0 spiro atoms. The number of carbonyl (C=O) groups excluding carboxylic acids is 1. The maximum Gasteiger partial charge on any atom is 0.266 e. The third-order valence-electron chi connectivity index (χ3n) is 10.9. The molecule has 4 rings (SSSR count). The number of hydrogen-bond acceptors (Lipinski definition) is 4. The molecule has 6 nitrogen and oxygen atoms in total. The largest absolute Gasteiger partial charge is 0.393 e. The molecule has 0 saturated heterocycles. The van der Waals surface area contributed by atoms with Gasteiger partial charge in [-0.05, 0) is 97.7 Å². The molecule has 4 fully saturated rings. The minimum absolute atomic E-state index is 0.0457. The zero-order valence-electron chi connectivity index (χ0n) is 20.8. The van der Waals surface area contributed by atoms with Crippen LogP contribution in [0.1, 0.15) is 91.4 Å². The SMILES string of the molecule is C[C@@H](CCC(=O)NCCS(=O)(=O)O)[C@H]1CC[C@@H]2[C@H]3[C@H](O)CC4CCCC[C@@]4(C)[C@@H]3CC[C@]21C. The molecule has 4 aliphatic carbocycles. The topological polar surface area (TPSA) is 104 Å². The molecule has 4 saturated carbocycles.